The lowest BCUT2D eigenvalue weighted by Gasteiger charge is -2.14. The molecule has 0 aromatic rings. The minimum absolute atomic E-state index is 0.150. The zero-order chi connectivity index (χ0) is 6.78. The molecule has 3 heteroatoms. The first-order valence-corrected chi connectivity index (χ1v) is 5.63. The highest BCUT2D eigenvalue weighted by Crippen LogP contribution is 2.15. The first kappa shape index (κ1) is 7.67. The van der Waals surface area contributed by atoms with Crippen LogP contribution >= 0.6 is 0 Å². The van der Waals surface area contributed by atoms with Crippen LogP contribution in [-0.2, 0) is 0 Å². The van der Waals surface area contributed by atoms with Crippen LogP contribution in [0.1, 0.15) is 6.92 Å². The number of nitrogens with zero attached hydrogens (tertiary/aromatic N) is 1. The smallest absolute Gasteiger partial charge is 0.199 e. The molecule has 0 aliphatic heterocycles. The second kappa shape index (κ2) is 2.29. The van der Waals surface area contributed by atoms with Crippen LogP contribution in [0, 0.1) is 11.3 Å². The van der Waals surface area contributed by atoms with Gasteiger partial charge in [-0.15, -0.1) is 0 Å². The molecule has 2 nitrogen and oxygen atoms in total. The maximum atomic E-state index is 9.20. The Balaban J connectivity index is 3.87. The van der Waals surface area contributed by atoms with E-state index in [4.69, 9.17) is 5.26 Å². The number of rotatable bonds is 1. The zero-order valence-corrected chi connectivity index (χ0v) is 6.47. The molecule has 0 fully saturated rings. The van der Waals surface area contributed by atoms with E-state index in [-0.39, 0.29) is 5.54 Å². The van der Waals surface area contributed by atoms with Crippen molar-refractivity contribution < 1.29 is 4.80 Å². The fourth-order valence-corrected chi connectivity index (χ4v) is 0.474. The van der Waals surface area contributed by atoms with E-state index in [1.807, 2.05) is 6.07 Å². The van der Waals surface area contributed by atoms with Crippen LogP contribution in [0.4, 0.5) is 0 Å². The molecule has 0 aromatic carbocycles. The van der Waals surface area contributed by atoms with E-state index in [1.165, 1.54) is 0 Å². The molecule has 1 atom stereocenters. The molecule has 1 N–H and O–H groups in total. The Morgan fingerprint density at radius 1 is 1.62 bits per heavy atom. The molecule has 0 bridgehead atoms. The van der Waals surface area contributed by atoms with Crippen molar-refractivity contribution in [2.45, 2.75) is 25.6 Å². The monoisotopic (exact) mass is 129 g/mol. The van der Waals surface area contributed by atoms with Crippen molar-refractivity contribution in [1.29, 1.82) is 5.26 Å². The Kier molecular flexibility index (Phi) is 2.20. The molecular formula is C5H11NOSi. The molecule has 0 saturated heterocycles. The molecule has 0 radical (unpaired) electrons. The Morgan fingerprint density at radius 3 is 2.00 bits per heavy atom. The molecule has 0 heterocycles. The zero-order valence-electron chi connectivity index (χ0n) is 5.47. The summed E-state index contributed by atoms with van der Waals surface area (Å²) in [6, 6.07) is 2.02. The summed E-state index contributed by atoms with van der Waals surface area (Å²) in [4.78, 5) is 9.20. The van der Waals surface area contributed by atoms with Crippen molar-refractivity contribution in [3.8, 4) is 6.07 Å². The fourth-order valence-electron chi connectivity index (χ4n) is 0.158. The number of nitriles is 1. The minimum atomic E-state index is -2.12. The van der Waals surface area contributed by atoms with E-state index < -0.39 is 8.32 Å². The molecule has 1 unspecified atom stereocenters. The quantitative estimate of drug-likeness (QED) is 0.539. The standard InChI is InChI=1S/C5H11NOSi/c1-5(4-6)8(2,3)7/h5,7H,1-3H3. The largest absolute Gasteiger partial charge is 0.431 e. The molecule has 0 amide bonds. The molecule has 0 aliphatic rings. The van der Waals surface area contributed by atoms with Gasteiger partial charge in [0.1, 0.15) is 0 Å². The summed E-state index contributed by atoms with van der Waals surface area (Å²) in [5, 5.41) is 8.30. The summed E-state index contributed by atoms with van der Waals surface area (Å²) >= 11 is 0. The fraction of sp³-hybridized carbons (Fsp3) is 0.800. The molecule has 0 aromatic heterocycles. The molecule has 8 heavy (non-hydrogen) atoms. The molecule has 46 valence electrons. The van der Waals surface area contributed by atoms with Gasteiger partial charge in [0.2, 0.25) is 0 Å². The third kappa shape index (κ3) is 2.10. The van der Waals surface area contributed by atoms with Gasteiger partial charge in [-0.25, -0.2) is 0 Å². The van der Waals surface area contributed by atoms with Gasteiger partial charge < -0.3 is 4.80 Å². The second-order valence-corrected chi connectivity index (χ2v) is 6.68. The van der Waals surface area contributed by atoms with E-state index in [2.05, 4.69) is 0 Å². The van der Waals surface area contributed by atoms with Crippen LogP contribution in [0.5, 0.6) is 0 Å². The summed E-state index contributed by atoms with van der Waals surface area (Å²) in [7, 11) is -2.12. The van der Waals surface area contributed by atoms with Gasteiger partial charge in [-0.05, 0) is 20.0 Å². The average molecular weight is 129 g/mol. The van der Waals surface area contributed by atoms with Gasteiger partial charge in [-0.3, -0.25) is 0 Å². The Hall–Kier alpha value is -0.333. The molecule has 0 rings (SSSR count). The van der Waals surface area contributed by atoms with E-state index >= 15 is 0 Å². The maximum Gasteiger partial charge on any atom is 0.199 e. The van der Waals surface area contributed by atoms with E-state index in [1.54, 1.807) is 20.0 Å². The molecule has 0 saturated carbocycles. The van der Waals surface area contributed by atoms with Gasteiger partial charge in [0, 0.05) is 0 Å². The molecule has 0 spiro atoms. The maximum absolute atomic E-state index is 9.20. The number of hydrogen-bond acceptors (Lipinski definition) is 2. The highest BCUT2D eigenvalue weighted by Gasteiger charge is 2.25. The summed E-state index contributed by atoms with van der Waals surface area (Å²) < 4.78 is 0. The van der Waals surface area contributed by atoms with E-state index in [0.29, 0.717) is 0 Å². The molecular weight excluding hydrogens is 118 g/mol. The third-order valence-electron chi connectivity index (χ3n) is 1.25. The Bertz CT molecular complexity index is 111. The Labute approximate surface area is 50.9 Å². The second-order valence-electron chi connectivity index (χ2n) is 2.50. The van der Waals surface area contributed by atoms with E-state index in [0.717, 1.165) is 0 Å². The summed E-state index contributed by atoms with van der Waals surface area (Å²) in [6.45, 7) is 5.29. The first-order chi connectivity index (χ1) is 3.48. The van der Waals surface area contributed by atoms with Gasteiger partial charge in [-0.1, -0.05) is 0 Å². The van der Waals surface area contributed by atoms with Crippen LogP contribution in [-0.4, -0.2) is 13.1 Å². The van der Waals surface area contributed by atoms with Crippen LogP contribution < -0.4 is 0 Å². The van der Waals surface area contributed by atoms with Gasteiger partial charge in [-0.2, -0.15) is 5.26 Å². The third-order valence-corrected chi connectivity index (χ3v) is 3.50. The predicted molar refractivity (Wildman–Crippen MR) is 34.7 cm³/mol. The van der Waals surface area contributed by atoms with Crippen LogP contribution in [0.15, 0.2) is 0 Å². The van der Waals surface area contributed by atoms with Crippen LogP contribution in [0.3, 0.4) is 0 Å². The molecule has 0 aliphatic carbocycles. The highest BCUT2D eigenvalue weighted by atomic mass is 28.4. The lowest BCUT2D eigenvalue weighted by molar-refractivity contribution is 0.541. The van der Waals surface area contributed by atoms with Gasteiger partial charge in [0.15, 0.2) is 8.32 Å². The van der Waals surface area contributed by atoms with Crippen molar-refractivity contribution >= 4 is 8.32 Å². The van der Waals surface area contributed by atoms with Crippen molar-refractivity contribution in [3.05, 3.63) is 0 Å². The first-order valence-electron chi connectivity index (χ1n) is 2.60. The Morgan fingerprint density at radius 2 is 2.00 bits per heavy atom. The topological polar surface area (TPSA) is 44.0 Å². The average Bonchev–Trinajstić information content (AvgIpc) is 1.62. The van der Waals surface area contributed by atoms with E-state index in [9.17, 15) is 4.80 Å². The van der Waals surface area contributed by atoms with Crippen molar-refractivity contribution in [1.82, 2.24) is 0 Å². The predicted octanol–water partition coefficient (Wildman–Crippen LogP) is 1.10. The van der Waals surface area contributed by atoms with Crippen molar-refractivity contribution in [3.63, 3.8) is 0 Å². The van der Waals surface area contributed by atoms with Crippen molar-refractivity contribution in [2.24, 2.45) is 0 Å². The normalized spacial score (nSPS) is 14.9. The summed E-state index contributed by atoms with van der Waals surface area (Å²) in [5.41, 5.74) is -0.150. The van der Waals surface area contributed by atoms with Gasteiger partial charge in [0.25, 0.3) is 0 Å². The number of hydrogen-bond donors (Lipinski definition) is 1. The van der Waals surface area contributed by atoms with Gasteiger partial charge in [0.05, 0.1) is 11.6 Å². The van der Waals surface area contributed by atoms with Gasteiger partial charge >= 0.3 is 0 Å². The lowest BCUT2D eigenvalue weighted by atomic mass is 10.5. The summed E-state index contributed by atoms with van der Waals surface area (Å²) in [6.07, 6.45) is 0. The van der Waals surface area contributed by atoms with Crippen molar-refractivity contribution in [2.75, 3.05) is 0 Å². The highest BCUT2D eigenvalue weighted by molar-refractivity contribution is 6.71. The summed E-state index contributed by atoms with van der Waals surface area (Å²) in [5.74, 6) is 0. The van der Waals surface area contributed by atoms with Crippen LogP contribution in [0.25, 0.3) is 0 Å². The minimum Gasteiger partial charge on any atom is -0.431 e. The SMILES string of the molecule is CC(C#N)[Si](C)(C)O. The van der Waals surface area contributed by atoms with Crippen LogP contribution in [0.2, 0.25) is 18.6 Å². The lowest BCUT2D eigenvalue weighted by Crippen LogP contribution is -2.29.